The number of nitrogen functional groups attached to an aromatic ring is 1. The van der Waals surface area contributed by atoms with E-state index in [0.29, 0.717) is 0 Å². The van der Waals surface area contributed by atoms with E-state index in [2.05, 4.69) is 4.74 Å². The number of methoxy groups -OCH3 is 1. The maximum absolute atomic E-state index is 11.8. The summed E-state index contributed by atoms with van der Waals surface area (Å²) < 4.78 is 4.63. The van der Waals surface area contributed by atoms with Crippen LogP contribution in [-0.4, -0.2) is 38.0 Å². The predicted octanol–water partition coefficient (Wildman–Crippen LogP) is -0.514. The van der Waals surface area contributed by atoms with Crippen LogP contribution in [0.5, 0.6) is 0 Å². The van der Waals surface area contributed by atoms with E-state index < -0.39 is 17.8 Å². The number of nitrogens with two attached hydrogens (primary N) is 3. The number of hydrogen-bond donors (Lipinski definition) is 3. The fourth-order valence-electron chi connectivity index (χ4n) is 1.80. The highest BCUT2D eigenvalue weighted by molar-refractivity contribution is 6.34. The number of benzene rings is 1. The Hall–Kier alpha value is -2.48. The second kappa shape index (κ2) is 6.80. The van der Waals surface area contributed by atoms with Gasteiger partial charge < -0.3 is 26.8 Å². The summed E-state index contributed by atoms with van der Waals surface area (Å²) in [7, 11) is 1.18. The van der Waals surface area contributed by atoms with Gasteiger partial charge in [0.2, 0.25) is 11.8 Å². The summed E-state index contributed by atoms with van der Waals surface area (Å²) in [4.78, 5) is 35.3. The number of anilines is 2. The van der Waals surface area contributed by atoms with Gasteiger partial charge in [-0.2, -0.15) is 0 Å². The zero-order valence-electron chi connectivity index (χ0n) is 11.3. The summed E-state index contributed by atoms with van der Waals surface area (Å²) in [5.41, 5.74) is 16.2. The maximum atomic E-state index is 11.8. The van der Waals surface area contributed by atoms with Crippen molar-refractivity contribution in [1.82, 2.24) is 0 Å². The molecule has 6 N–H and O–H groups in total. The van der Waals surface area contributed by atoms with Gasteiger partial charge in [-0.3, -0.25) is 9.59 Å². The largest absolute Gasteiger partial charge is 0.465 e. The van der Waals surface area contributed by atoms with E-state index in [4.69, 9.17) is 28.8 Å². The van der Waals surface area contributed by atoms with Crippen LogP contribution in [0.3, 0.4) is 0 Å². The van der Waals surface area contributed by atoms with Crippen molar-refractivity contribution in [1.29, 1.82) is 0 Å². The molecule has 0 saturated heterocycles. The van der Waals surface area contributed by atoms with Crippen molar-refractivity contribution in [3.8, 4) is 0 Å². The minimum atomic E-state index is -0.724. The normalized spacial score (nSPS) is 10.0. The van der Waals surface area contributed by atoms with E-state index in [9.17, 15) is 14.4 Å². The van der Waals surface area contributed by atoms with Gasteiger partial charge in [0, 0.05) is 5.69 Å². The Balaban J connectivity index is 3.43. The van der Waals surface area contributed by atoms with Gasteiger partial charge in [0.05, 0.1) is 36.5 Å². The van der Waals surface area contributed by atoms with Crippen molar-refractivity contribution in [2.45, 2.75) is 0 Å². The fourth-order valence-corrected chi connectivity index (χ4v) is 2.14. The summed E-state index contributed by atoms with van der Waals surface area (Å²) in [5, 5.41) is 0.0675. The number of rotatable bonds is 6. The molecule has 1 rings (SSSR count). The average molecular weight is 315 g/mol. The quantitative estimate of drug-likeness (QED) is 0.476. The molecule has 0 atom stereocenters. The van der Waals surface area contributed by atoms with Crippen molar-refractivity contribution in [3.05, 3.63) is 22.7 Å². The minimum Gasteiger partial charge on any atom is -0.465 e. The number of amides is 2. The second-order valence-electron chi connectivity index (χ2n) is 4.18. The highest BCUT2D eigenvalue weighted by atomic mass is 35.5. The monoisotopic (exact) mass is 314 g/mol. The average Bonchev–Trinajstić information content (AvgIpc) is 2.34. The fraction of sp³-hybridized carbons (Fsp3) is 0.250. The van der Waals surface area contributed by atoms with E-state index in [1.54, 1.807) is 0 Å². The Morgan fingerprint density at radius 3 is 2.14 bits per heavy atom. The lowest BCUT2D eigenvalue weighted by Crippen LogP contribution is -2.40. The number of ether oxygens (including phenoxy) is 1. The van der Waals surface area contributed by atoms with Gasteiger partial charge in [-0.1, -0.05) is 11.6 Å². The summed E-state index contributed by atoms with van der Waals surface area (Å²) in [6.45, 7) is -0.701. The molecule has 0 aliphatic carbocycles. The zero-order valence-corrected chi connectivity index (χ0v) is 12.0. The summed E-state index contributed by atoms with van der Waals surface area (Å²) >= 11 is 6.06. The van der Waals surface area contributed by atoms with Crippen molar-refractivity contribution in [2.24, 2.45) is 11.5 Å². The van der Waals surface area contributed by atoms with E-state index in [1.807, 2.05) is 0 Å². The molecule has 2 amide bonds. The molecule has 0 unspecified atom stereocenters. The molecule has 0 bridgehead atoms. The Morgan fingerprint density at radius 2 is 1.71 bits per heavy atom. The van der Waals surface area contributed by atoms with E-state index in [0.717, 1.165) is 0 Å². The maximum Gasteiger partial charge on any atom is 0.340 e. The molecule has 0 radical (unpaired) electrons. The number of carbonyl (C=O) groups excluding carboxylic acids is 3. The molecule has 114 valence electrons. The van der Waals surface area contributed by atoms with Crippen molar-refractivity contribution < 1.29 is 19.1 Å². The first-order valence-corrected chi connectivity index (χ1v) is 6.13. The number of halogens is 1. The standard InChI is InChI=1S/C12H15ClN4O4/c1-21-12(20)7-2-6(14)3-8(13)11(7)17(4-9(15)18)5-10(16)19/h2-3H,4-5,14H2,1H3,(H2,15,18)(H2,16,19). The number of nitrogens with zero attached hydrogens (tertiary/aromatic N) is 1. The first-order valence-electron chi connectivity index (χ1n) is 5.75. The SMILES string of the molecule is COC(=O)c1cc(N)cc(Cl)c1N(CC(N)=O)CC(N)=O. The van der Waals surface area contributed by atoms with Gasteiger partial charge in [-0.25, -0.2) is 4.79 Å². The van der Waals surface area contributed by atoms with Crippen LogP contribution in [0.25, 0.3) is 0 Å². The summed E-state index contributed by atoms with van der Waals surface area (Å²) in [5.74, 6) is -2.17. The molecule has 8 nitrogen and oxygen atoms in total. The van der Waals surface area contributed by atoms with Crippen LogP contribution in [0.1, 0.15) is 10.4 Å². The van der Waals surface area contributed by atoms with Crippen LogP contribution in [0, 0.1) is 0 Å². The molecule has 1 aromatic rings. The number of carbonyl (C=O) groups is 3. The van der Waals surface area contributed by atoms with Gasteiger partial charge in [0.1, 0.15) is 0 Å². The van der Waals surface area contributed by atoms with Crippen molar-refractivity contribution in [2.75, 3.05) is 30.8 Å². The highest BCUT2D eigenvalue weighted by Crippen LogP contribution is 2.33. The summed E-state index contributed by atoms with van der Waals surface area (Å²) in [6.07, 6.45) is 0. The van der Waals surface area contributed by atoms with Crippen molar-refractivity contribution >= 4 is 40.8 Å². The molecular formula is C12H15ClN4O4. The Kier molecular flexibility index (Phi) is 5.37. The first-order chi connectivity index (χ1) is 9.76. The third kappa shape index (κ3) is 4.25. The van der Waals surface area contributed by atoms with Crippen LogP contribution >= 0.6 is 11.6 Å². The number of esters is 1. The molecule has 0 aromatic heterocycles. The molecule has 21 heavy (non-hydrogen) atoms. The van der Waals surface area contributed by atoms with Gasteiger partial charge >= 0.3 is 5.97 Å². The predicted molar refractivity (Wildman–Crippen MR) is 77.8 cm³/mol. The lowest BCUT2D eigenvalue weighted by atomic mass is 10.1. The number of primary amides is 2. The van der Waals surface area contributed by atoms with Crippen molar-refractivity contribution in [3.63, 3.8) is 0 Å². The Bertz CT molecular complexity index is 575. The van der Waals surface area contributed by atoms with Crippen LogP contribution in [0.15, 0.2) is 12.1 Å². The highest BCUT2D eigenvalue weighted by Gasteiger charge is 2.23. The molecule has 0 saturated carbocycles. The minimum absolute atomic E-state index is 0.00463. The van der Waals surface area contributed by atoms with Crippen LogP contribution < -0.4 is 22.1 Å². The first kappa shape index (κ1) is 16.6. The van der Waals surface area contributed by atoms with Crippen LogP contribution in [-0.2, 0) is 14.3 Å². The van der Waals surface area contributed by atoms with Crippen LogP contribution in [0.4, 0.5) is 11.4 Å². The summed E-state index contributed by atoms with van der Waals surface area (Å²) in [6, 6.07) is 2.69. The van der Waals surface area contributed by atoms with Gasteiger partial charge in [-0.15, -0.1) is 0 Å². The topological polar surface area (TPSA) is 142 Å². The van der Waals surface area contributed by atoms with Gasteiger partial charge in [-0.05, 0) is 12.1 Å². The second-order valence-corrected chi connectivity index (χ2v) is 4.59. The van der Waals surface area contributed by atoms with Crippen LogP contribution in [0.2, 0.25) is 5.02 Å². The van der Waals surface area contributed by atoms with E-state index >= 15 is 0 Å². The van der Waals surface area contributed by atoms with E-state index in [1.165, 1.54) is 24.1 Å². The molecule has 0 heterocycles. The molecule has 0 spiro atoms. The molecule has 0 aliphatic heterocycles. The molecule has 0 fully saturated rings. The molecule has 9 heteroatoms. The van der Waals surface area contributed by atoms with Gasteiger partial charge in [0.25, 0.3) is 0 Å². The lowest BCUT2D eigenvalue weighted by Gasteiger charge is -2.25. The number of hydrogen-bond acceptors (Lipinski definition) is 6. The Labute approximate surface area is 125 Å². The molecular weight excluding hydrogens is 300 g/mol. The lowest BCUT2D eigenvalue weighted by molar-refractivity contribution is -0.117. The zero-order chi connectivity index (χ0) is 16.2. The molecule has 0 aliphatic rings. The Morgan fingerprint density at radius 1 is 1.19 bits per heavy atom. The third-order valence-electron chi connectivity index (χ3n) is 2.50. The van der Waals surface area contributed by atoms with Gasteiger partial charge in [0.15, 0.2) is 0 Å². The van der Waals surface area contributed by atoms with E-state index in [-0.39, 0.29) is 35.1 Å². The third-order valence-corrected chi connectivity index (χ3v) is 2.79. The smallest absolute Gasteiger partial charge is 0.340 e. The molecule has 1 aromatic carbocycles.